The Morgan fingerprint density at radius 3 is 3.12 bits per heavy atom. The van der Waals surface area contributed by atoms with Crippen molar-refractivity contribution in [3.05, 3.63) is 36.5 Å². The maximum absolute atomic E-state index is 5.42. The second kappa shape index (κ2) is 4.65. The van der Waals surface area contributed by atoms with Crippen LogP contribution < -0.4 is 5.32 Å². The largest absolute Gasteiger partial charge is 0.378 e. The standard InChI is InChI=1S/C12H14N4O/c1-3-13-7-9(1)10-2-4-15-12(16-10)11-8-17-6-5-14-11/h1-4,7,11,13-14H,5-6,8H2. The van der Waals surface area contributed by atoms with Crippen molar-refractivity contribution in [2.45, 2.75) is 6.04 Å². The molecular weight excluding hydrogens is 216 g/mol. The molecular formula is C12H14N4O. The molecule has 0 amide bonds. The van der Waals surface area contributed by atoms with E-state index in [1.807, 2.05) is 24.5 Å². The number of nitrogens with one attached hydrogen (secondary N) is 2. The van der Waals surface area contributed by atoms with Crippen LogP contribution in [0, 0.1) is 0 Å². The zero-order chi connectivity index (χ0) is 11.5. The van der Waals surface area contributed by atoms with Gasteiger partial charge in [0.15, 0.2) is 0 Å². The van der Waals surface area contributed by atoms with Crippen LogP contribution in [0.1, 0.15) is 11.9 Å². The summed E-state index contributed by atoms with van der Waals surface area (Å²) in [6, 6.07) is 4.01. The van der Waals surface area contributed by atoms with Crippen LogP contribution in [0.5, 0.6) is 0 Å². The van der Waals surface area contributed by atoms with Crippen LogP contribution >= 0.6 is 0 Å². The Morgan fingerprint density at radius 1 is 1.35 bits per heavy atom. The molecule has 1 fully saturated rings. The van der Waals surface area contributed by atoms with E-state index in [1.165, 1.54) is 0 Å². The molecule has 3 heterocycles. The lowest BCUT2D eigenvalue weighted by atomic mass is 10.2. The molecule has 1 unspecified atom stereocenters. The maximum Gasteiger partial charge on any atom is 0.148 e. The number of morpholine rings is 1. The Morgan fingerprint density at radius 2 is 2.35 bits per heavy atom. The smallest absolute Gasteiger partial charge is 0.148 e. The van der Waals surface area contributed by atoms with E-state index in [4.69, 9.17) is 4.74 Å². The highest BCUT2D eigenvalue weighted by Crippen LogP contribution is 2.18. The fourth-order valence-corrected chi connectivity index (χ4v) is 1.92. The predicted molar refractivity (Wildman–Crippen MR) is 63.4 cm³/mol. The second-order valence-electron chi connectivity index (χ2n) is 3.98. The van der Waals surface area contributed by atoms with E-state index in [-0.39, 0.29) is 6.04 Å². The fourth-order valence-electron chi connectivity index (χ4n) is 1.92. The monoisotopic (exact) mass is 230 g/mol. The molecule has 2 aromatic rings. The molecule has 0 saturated carbocycles. The molecule has 0 spiro atoms. The van der Waals surface area contributed by atoms with Gasteiger partial charge in [-0.2, -0.15) is 0 Å². The van der Waals surface area contributed by atoms with Gasteiger partial charge in [0.2, 0.25) is 0 Å². The lowest BCUT2D eigenvalue weighted by Gasteiger charge is -2.22. The summed E-state index contributed by atoms with van der Waals surface area (Å²) in [5.74, 6) is 0.795. The van der Waals surface area contributed by atoms with Crippen molar-refractivity contribution in [1.29, 1.82) is 0 Å². The van der Waals surface area contributed by atoms with E-state index >= 15 is 0 Å². The lowest BCUT2D eigenvalue weighted by Crippen LogP contribution is -2.35. The van der Waals surface area contributed by atoms with Crippen molar-refractivity contribution in [1.82, 2.24) is 20.3 Å². The van der Waals surface area contributed by atoms with Crippen molar-refractivity contribution < 1.29 is 4.74 Å². The van der Waals surface area contributed by atoms with Crippen LogP contribution in [0.15, 0.2) is 30.7 Å². The normalized spacial score (nSPS) is 20.4. The number of rotatable bonds is 2. The van der Waals surface area contributed by atoms with Gasteiger partial charge in [-0.1, -0.05) is 0 Å². The molecule has 2 aromatic heterocycles. The van der Waals surface area contributed by atoms with E-state index in [9.17, 15) is 0 Å². The highest BCUT2D eigenvalue weighted by Gasteiger charge is 2.18. The van der Waals surface area contributed by atoms with Gasteiger partial charge >= 0.3 is 0 Å². The summed E-state index contributed by atoms with van der Waals surface area (Å²) in [7, 11) is 0. The molecule has 1 saturated heterocycles. The van der Waals surface area contributed by atoms with Gasteiger partial charge in [0.1, 0.15) is 5.82 Å². The summed E-state index contributed by atoms with van der Waals surface area (Å²) in [6.07, 6.45) is 5.61. The summed E-state index contributed by atoms with van der Waals surface area (Å²) in [5.41, 5.74) is 2.01. The van der Waals surface area contributed by atoms with Crippen LogP contribution in [0.2, 0.25) is 0 Å². The third-order valence-corrected chi connectivity index (χ3v) is 2.80. The van der Waals surface area contributed by atoms with Gasteiger partial charge in [-0.15, -0.1) is 0 Å². The third-order valence-electron chi connectivity index (χ3n) is 2.80. The molecule has 17 heavy (non-hydrogen) atoms. The minimum absolute atomic E-state index is 0.0997. The number of aromatic amines is 1. The second-order valence-corrected chi connectivity index (χ2v) is 3.98. The molecule has 1 aliphatic heterocycles. The summed E-state index contributed by atoms with van der Waals surface area (Å²) in [4.78, 5) is 11.9. The van der Waals surface area contributed by atoms with Crippen LogP contribution in [0.3, 0.4) is 0 Å². The Bertz CT molecular complexity index is 477. The molecule has 88 valence electrons. The predicted octanol–water partition coefficient (Wildman–Crippen LogP) is 1.13. The zero-order valence-electron chi connectivity index (χ0n) is 9.39. The molecule has 0 aliphatic carbocycles. The van der Waals surface area contributed by atoms with Crippen LogP contribution in [-0.4, -0.2) is 34.7 Å². The van der Waals surface area contributed by atoms with Gasteiger partial charge in [0, 0.05) is 30.7 Å². The van der Waals surface area contributed by atoms with Crippen LogP contribution in [-0.2, 0) is 4.74 Å². The van der Waals surface area contributed by atoms with Crippen molar-refractivity contribution in [3.8, 4) is 11.3 Å². The van der Waals surface area contributed by atoms with E-state index in [2.05, 4.69) is 20.3 Å². The topological polar surface area (TPSA) is 62.8 Å². The van der Waals surface area contributed by atoms with Gasteiger partial charge in [0.05, 0.1) is 24.9 Å². The quantitative estimate of drug-likeness (QED) is 0.812. The van der Waals surface area contributed by atoms with E-state index in [0.717, 1.165) is 30.2 Å². The number of aromatic nitrogens is 3. The summed E-state index contributed by atoms with van der Waals surface area (Å²) < 4.78 is 5.42. The third kappa shape index (κ3) is 2.20. The van der Waals surface area contributed by atoms with Crippen molar-refractivity contribution in [2.24, 2.45) is 0 Å². The first-order valence-corrected chi connectivity index (χ1v) is 5.71. The van der Waals surface area contributed by atoms with Crippen LogP contribution in [0.4, 0.5) is 0 Å². The summed E-state index contributed by atoms with van der Waals surface area (Å²) in [6.45, 7) is 2.24. The maximum atomic E-state index is 5.42. The number of nitrogens with zero attached hydrogens (tertiary/aromatic N) is 2. The zero-order valence-corrected chi connectivity index (χ0v) is 9.39. The van der Waals surface area contributed by atoms with E-state index < -0.39 is 0 Å². The first-order valence-electron chi connectivity index (χ1n) is 5.71. The Labute approximate surface area is 99.3 Å². The molecule has 0 bridgehead atoms. The molecule has 1 aliphatic rings. The molecule has 0 radical (unpaired) electrons. The highest BCUT2D eigenvalue weighted by atomic mass is 16.5. The lowest BCUT2D eigenvalue weighted by molar-refractivity contribution is 0.0742. The molecule has 1 atom stereocenters. The molecule has 2 N–H and O–H groups in total. The fraction of sp³-hybridized carbons (Fsp3) is 0.333. The van der Waals surface area contributed by atoms with E-state index in [0.29, 0.717) is 6.61 Å². The Hall–Kier alpha value is -1.72. The van der Waals surface area contributed by atoms with Crippen molar-refractivity contribution in [3.63, 3.8) is 0 Å². The first-order chi connectivity index (χ1) is 8.43. The van der Waals surface area contributed by atoms with Crippen LogP contribution in [0.25, 0.3) is 11.3 Å². The average molecular weight is 230 g/mol. The summed E-state index contributed by atoms with van der Waals surface area (Å²) >= 11 is 0. The Balaban J connectivity index is 1.88. The number of H-pyrrole nitrogens is 1. The van der Waals surface area contributed by atoms with Gasteiger partial charge in [0.25, 0.3) is 0 Å². The molecule has 5 heteroatoms. The first kappa shape index (κ1) is 10.4. The average Bonchev–Trinajstić information content (AvgIpc) is 2.94. The highest BCUT2D eigenvalue weighted by molar-refractivity contribution is 5.57. The number of hydrogen-bond acceptors (Lipinski definition) is 4. The molecule has 3 rings (SSSR count). The number of hydrogen-bond donors (Lipinski definition) is 2. The van der Waals surface area contributed by atoms with Gasteiger partial charge in [-0.05, 0) is 12.1 Å². The minimum Gasteiger partial charge on any atom is -0.378 e. The Kier molecular flexibility index (Phi) is 2.85. The van der Waals surface area contributed by atoms with Crippen molar-refractivity contribution >= 4 is 0 Å². The molecule has 0 aromatic carbocycles. The summed E-state index contributed by atoms with van der Waals surface area (Å²) in [5, 5.41) is 3.35. The van der Waals surface area contributed by atoms with Gasteiger partial charge in [-0.25, -0.2) is 9.97 Å². The van der Waals surface area contributed by atoms with Gasteiger partial charge < -0.3 is 15.0 Å². The van der Waals surface area contributed by atoms with E-state index in [1.54, 1.807) is 6.20 Å². The molecule has 5 nitrogen and oxygen atoms in total. The SMILES string of the molecule is c1cc(-c2cc[nH]c2)nc(C2COCCN2)n1. The van der Waals surface area contributed by atoms with Crippen molar-refractivity contribution in [2.75, 3.05) is 19.8 Å². The van der Waals surface area contributed by atoms with Gasteiger partial charge in [-0.3, -0.25) is 0 Å². The minimum atomic E-state index is 0.0997. The number of ether oxygens (including phenoxy) is 1.